The van der Waals surface area contributed by atoms with Crippen LogP contribution >= 0.6 is 0 Å². The van der Waals surface area contributed by atoms with Crippen molar-refractivity contribution in [2.45, 2.75) is 6.54 Å². The summed E-state index contributed by atoms with van der Waals surface area (Å²) in [5.74, 6) is 1.56. The highest BCUT2D eigenvalue weighted by molar-refractivity contribution is 5.64. The first-order chi connectivity index (χ1) is 11.0. The molecular formula is C15H14N2O6. The van der Waals surface area contributed by atoms with Crippen molar-refractivity contribution >= 4 is 11.8 Å². The molecule has 0 aliphatic heterocycles. The number of rotatable bonds is 6. The van der Waals surface area contributed by atoms with Crippen molar-refractivity contribution in [1.29, 1.82) is 0 Å². The van der Waals surface area contributed by atoms with Crippen LogP contribution in [0.5, 0.6) is 17.2 Å². The van der Waals surface area contributed by atoms with E-state index < -0.39 is 11.0 Å². The Morgan fingerprint density at radius 2 is 1.78 bits per heavy atom. The van der Waals surface area contributed by atoms with E-state index in [0.717, 1.165) is 0 Å². The minimum atomic E-state index is -1.26. The summed E-state index contributed by atoms with van der Waals surface area (Å²) in [5, 5.41) is 21.7. The van der Waals surface area contributed by atoms with Crippen molar-refractivity contribution < 1.29 is 24.3 Å². The van der Waals surface area contributed by atoms with Crippen LogP contribution in [0.1, 0.15) is 5.56 Å². The highest BCUT2D eigenvalue weighted by Crippen LogP contribution is 2.28. The average molecular weight is 318 g/mol. The third-order valence-corrected chi connectivity index (χ3v) is 2.97. The Balaban J connectivity index is 2.22. The number of nitrogens with one attached hydrogen (secondary N) is 1. The molecule has 0 fully saturated rings. The maximum absolute atomic E-state index is 11.0. The van der Waals surface area contributed by atoms with Gasteiger partial charge in [0, 0.05) is 6.07 Å². The lowest BCUT2D eigenvalue weighted by molar-refractivity contribution is -0.385. The second-order valence-corrected chi connectivity index (χ2v) is 4.48. The molecule has 2 N–H and O–H groups in total. The van der Waals surface area contributed by atoms with Gasteiger partial charge in [0.2, 0.25) is 0 Å². The van der Waals surface area contributed by atoms with E-state index in [0.29, 0.717) is 17.2 Å². The van der Waals surface area contributed by atoms with Crippen molar-refractivity contribution in [3.8, 4) is 17.2 Å². The van der Waals surface area contributed by atoms with Gasteiger partial charge in [0.05, 0.1) is 24.1 Å². The molecule has 120 valence electrons. The topological polar surface area (TPSA) is 111 Å². The van der Waals surface area contributed by atoms with Gasteiger partial charge in [-0.25, -0.2) is 4.79 Å². The number of nitro benzene ring substituents is 1. The largest absolute Gasteiger partial charge is 0.497 e. The van der Waals surface area contributed by atoms with Crippen molar-refractivity contribution in [3.63, 3.8) is 0 Å². The maximum atomic E-state index is 11.0. The lowest BCUT2D eigenvalue weighted by Crippen LogP contribution is -2.20. The predicted molar refractivity (Wildman–Crippen MR) is 81.0 cm³/mol. The summed E-state index contributed by atoms with van der Waals surface area (Å²) >= 11 is 0. The summed E-state index contributed by atoms with van der Waals surface area (Å²) in [6.45, 7) is -0.189. The summed E-state index contributed by atoms with van der Waals surface area (Å²) in [6, 6.07) is 11.0. The van der Waals surface area contributed by atoms with Crippen LogP contribution in [0.4, 0.5) is 10.5 Å². The Hall–Kier alpha value is -3.29. The number of hydrogen-bond donors (Lipinski definition) is 2. The monoisotopic (exact) mass is 318 g/mol. The molecular weight excluding hydrogens is 304 g/mol. The Labute approximate surface area is 131 Å². The number of carboxylic acid groups (broad SMARTS) is 1. The van der Waals surface area contributed by atoms with Gasteiger partial charge in [-0.05, 0) is 36.4 Å². The number of ether oxygens (including phenoxy) is 2. The molecule has 8 heteroatoms. The first-order valence-electron chi connectivity index (χ1n) is 6.55. The number of amides is 1. The normalized spacial score (nSPS) is 9.96. The summed E-state index contributed by atoms with van der Waals surface area (Å²) in [6.07, 6.45) is -1.26. The first-order valence-corrected chi connectivity index (χ1v) is 6.55. The fraction of sp³-hybridized carbons (Fsp3) is 0.133. The number of hydrogen-bond acceptors (Lipinski definition) is 5. The quantitative estimate of drug-likeness (QED) is 0.625. The van der Waals surface area contributed by atoms with E-state index in [9.17, 15) is 14.9 Å². The van der Waals surface area contributed by atoms with Gasteiger partial charge in [0.15, 0.2) is 0 Å². The second-order valence-electron chi connectivity index (χ2n) is 4.48. The van der Waals surface area contributed by atoms with E-state index in [1.807, 2.05) is 0 Å². The van der Waals surface area contributed by atoms with E-state index in [2.05, 4.69) is 5.32 Å². The molecule has 0 spiro atoms. The van der Waals surface area contributed by atoms with E-state index in [1.54, 1.807) is 31.4 Å². The Kier molecular flexibility index (Phi) is 4.98. The maximum Gasteiger partial charge on any atom is 0.404 e. The zero-order chi connectivity index (χ0) is 16.8. The van der Waals surface area contributed by atoms with Gasteiger partial charge < -0.3 is 19.9 Å². The zero-order valence-corrected chi connectivity index (χ0v) is 12.2. The number of nitrogens with zero attached hydrogens (tertiary/aromatic N) is 1. The van der Waals surface area contributed by atoms with Gasteiger partial charge in [-0.1, -0.05) is 0 Å². The van der Waals surface area contributed by atoms with E-state index in [-0.39, 0.29) is 17.8 Å². The van der Waals surface area contributed by atoms with Crippen LogP contribution in [0.2, 0.25) is 0 Å². The molecule has 0 aliphatic rings. The van der Waals surface area contributed by atoms with Gasteiger partial charge in [-0.3, -0.25) is 10.1 Å². The molecule has 0 saturated heterocycles. The van der Waals surface area contributed by atoms with E-state index in [4.69, 9.17) is 14.6 Å². The molecule has 0 aromatic heterocycles. The van der Waals surface area contributed by atoms with Crippen LogP contribution in [0.15, 0.2) is 42.5 Å². The van der Waals surface area contributed by atoms with Crippen LogP contribution in [0, 0.1) is 10.1 Å². The van der Waals surface area contributed by atoms with Crippen LogP contribution in [-0.4, -0.2) is 23.2 Å². The molecule has 8 nitrogen and oxygen atoms in total. The Bertz CT molecular complexity index is 714. The number of methoxy groups -OCH3 is 1. The van der Waals surface area contributed by atoms with Gasteiger partial charge in [-0.15, -0.1) is 0 Å². The lowest BCUT2D eigenvalue weighted by Gasteiger charge is -2.09. The second kappa shape index (κ2) is 7.12. The fourth-order valence-corrected chi connectivity index (χ4v) is 1.90. The van der Waals surface area contributed by atoms with Crippen molar-refractivity contribution in [2.75, 3.05) is 7.11 Å². The van der Waals surface area contributed by atoms with Crippen LogP contribution in [0.25, 0.3) is 0 Å². The molecule has 0 heterocycles. The molecule has 0 atom stereocenters. The Morgan fingerprint density at radius 1 is 1.17 bits per heavy atom. The zero-order valence-electron chi connectivity index (χ0n) is 12.2. The molecule has 0 saturated carbocycles. The minimum absolute atomic E-state index is 0.180. The fourth-order valence-electron chi connectivity index (χ4n) is 1.90. The van der Waals surface area contributed by atoms with Crippen molar-refractivity contribution in [2.24, 2.45) is 0 Å². The smallest absolute Gasteiger partial charge is 0.404 e. The molecule has 23 heavy (non-hydrogen) atoms. The highest BCUT2D eigenvalue weighted by Gasteiger charge is 2.15. The lowest BCUT2D eigenvalue weighted by atomic mass is 10.1. The van der Waals surface area contributed by atoms with Gasteiger partial charge in [0.1, 0.15) is 17.2 Å². The summed E-state index contributed by atoms with van der Waals surface area (Å²) in [5.41, 5.74) is 0.0317. The molecule has 0 radical (unpaired) electrons. The predicted octanol–water partition coefficient (Wildman–Crippen LogP) is 3.16. The molecule has 1 amide bonds. The van der Waals surface area contributed by atoms with Crippen LogP contribution in [-0.2, 0) is 6.54 Å². The average Bonchev–Trinajstić information content (AvgIpc) is 2.53. The summed E-state index contributed by atoms with van der Waals surface area (Å²) < 4.78 is 10.6. The molecule has 2 aromatic rings. The van der Waals surface area contributed by atoms with Crippen molar-refractivity contribution in [3.05, 3.63) is 58.1 Å². The van der Waals surface area contributed by atoms with Crippen molar-refractivity contribution in [1.82, 2.24) is 5.32 Å². The molecule has 0 bridgehead atoms. The third-order valence-electron chi connectivity index (χ3n) is 2.97. The number of nitro groups is 1. The number of benzene rings is 2. The summed E-state index contributed by atoms with van der Waals surface area (Å²) in [7, 11) is 1.55. The summed E-state index contributed by atoms with van der Waals surface area (Å²) in [4.78, 5) is 21.0. The van der Waals surface area contributed by atoms with Gasteiger partial charge >= 0.3 is 6.09 Å². The molecule has 2 aromatic carbocycles. The Morgan fingerprint density at radius 3 is 2.35 bits per heavy atom. The highest BCUT2D eigenvalue weighted by atomic mass is 16.6. The van der Waals surface area contributed by atoms with Crippen LogP contribution in [0.3, 0.4) is 0 Å². The molecule has 2 rings (SSSR count). The first kappa shape index (κ1) is 16.1. The van der Waals surface area contributed by atoms with Gasteiger partial charge in [-0.2, -0.15) is 0 Å². The van der Waals surface area contributed by atoms with E-state index in [1.165, 1.54) is 18.2 Å². The number of carbonyl (C=O) groups is 1. The third kappa shape index (κ3) is 4.34. The van der Waals surface area contributed by atoms with Gasteiger partial charge in [0.25, 0.3) is 5.69 Å². The minimum Gasteiger partial charge on any atom is -0.497 e. The van der Waals surface area contributed by atoms with Crippen LogP contribution < -0.4 is 14.8 Å². The SMILES string of the molecule is COc1ccc(Oc2ccc([N+](=O)[O-])c(CNC(=O)O)c2)cc1. The molecule has 0 aliphatic carbocycles. The van der Waals surface area contributed by atoms with E-state index >= 15 is 0 Å². The molecule has 0 unspecified atom stereocenters. The standard InChI is InChI=1S/C15H14N2O6/c1-22-11-2-4-12(5-3-11)23-13-6-7-14(17(20)21)10(8-13)9-16-15(18)19/h2-8,16H,9H2,1H3,(H,18,19).